The van der Waals surface area contributed by atoms with E-state index in [1.165, 1.54) is 31.4 Å². The third-order valence-electron chi connectivity index (χ3n) is 3.31. The first-order valence-electron chi connectivity index (χ1n) is 6.76. The molecule has 0 spiro atoms. The van der Waals surface area contributed by atoms with Crippen LogP contribution in [-0.2, 0) is 14.3 Å². The number of halogens is 3. The lowest BCUT2D eigenvalue weighted by Gasteiger charge is -2.23. The highest BCUT2D eigenvalue weighted by Crippen LogP contribution is 2.31. The van der Waals surface area contributed by atoms with Crippen LogP contribution in [0.1, 0.15) is 26.2 Å². The summed E-state index contributed by atoms with van der Waals surface area (Å²) in [4.78, 5) is 21.3. The van der Waals surface area contributed by atoms with E-state index in [2.05, 4.69) is 4.74 Å². The summed E-state index contributed by atoms with van der Waals surface area (Å²) < 4.78 is 39.4. The van der Waals surface area contributed by atoms with Crippen molar-refractivity contribution in [2.24, 2.45) is 5.41 Å². The Bertz CT molecular complexity index is 540. The van der Waals surface area contributed by atoms with Gasteiger partial charge in [-0.1, -0.05) is 18.2 Å². The smallest absolute Gasteiger partial charge is 0.392 e. The van der Waals surface area contributed by atoms with Gasteiger partial charge in [0.25, 0.3) is 0 Å². The highest BCUT2D eigenvalue weighted by molar-refractivity contribution is 5.90. The number of allylic oxidation sites excluding steroid dienone is 2. The monoisotopic (exact) mass is 334 g/mol. The van der Waals surface area contributed by atoms with Gasteiger partial charge in [-0.25, -0.2) is 4.79 Å². The first kappa shape index (κ1) is 18.8. The molecule has 0 saturated heterocycles. The molecule has 2 unspecified atom stereocenters. The summed E-state index contributed by atoms with van der Waals surface area (Å²) in [5, 5.41) is 17.5. The molecule has 2 rings (SSSR count). The fraction of sp³-hybridized carbons (Fsp3) is 0.467. The molecule has 2 atom stereocenters. The van der Waals surface area contributed by atoms with Crippen molar-refractivity contribution >= 4 is 11.9 Å². The van der Waals surface area contributed by atoms with Gasteiger partial charge in [0.1, 0.15) is 6.10 Å². The van der Waals surface area contributed by atoms with E-state index in [0.29, 0.717) is 6.42 Å². The van der Waals surface area contributed by atoms with Crippen LogP contribution >= 0.6 is 0 Å². The number of carboxylic acids is 2. The summed E-state index contributed by atoms with van der Waals surface area (Å²) in [5.74, 6) is -2.06. The Morgan fingerprint density at radius 2 is 2.04 bits per heavy atom. The predicted octanol–water partition coefficient (Wildman–Crippen LogP) is 3.29. The van der Waals surface area contributed by atoms with Gasteiger partial charge in [0.05, 0.1) is 18.1 Å². The molecule has 1 aliphatic carbocycles. The van der Waals surface area contributed by atoms with Gasteiger partial charge >= 0.3 is 18.1 Å². The number of hydrogen-bond acceptors (Lipinski definition) is 3. The highest BCUT2D eigenvalue weighted by Gasteiger charge is 2.34. The van der Waals surface area contributed by atoms with E-state index in [1.807, 2.05) is 0 Å². The van der Waals surface area contributed by atoms with E-state index in [4.69, 9.17) is 10.2 Å². The van der Waals surface area contributed by atoms with E-state index in [1.54, 1.807) is 6.08 Å². The Morgan fingerprint density at radius 1 is 1.39 bits per heavy atom. The number of ether oxygens (including phenoxy) is 1. The molecule has 2 aliphatic rings. The summed E-state index contributed by atoms with van der Waals surface area (Å²) in [6.45, 7) is 1.50. The van der Waals surface area contributed by atoms with Gasteiger partial charge in [0.2, 0.25) is 0 Å². The quantitative estimate of drug-likeness (QED) is 0.827. The summed E-state index contributed by atoms with van der Waals surface area (Å²) in [6, 6.07) is 0. The van der Waals surface area contributed by atoms with Crippen LogP contribution in [0.5, 0.6) is 0 Å². The van der Waals surface area contributed by atoms with Crippen LogP contribution in [0.4, 0.5) is 13.2 Å². The van der Waals surface area contributed by atoms with Crippen molar-refractivity contribution in [1.29, 1.82) is 0 Å². The Labute approximate surface area is 130 Å². The number of carboxylic acid groups (broad SMARTS) is 2. The van der Waals surface area contributed by atoms with Crippen LogP contribution in [0.3, 0.4) is 0 Å². The van der Waals surface area contributed by atoms with Crippen molar-refractivity contribution in [3.05, 3.63) is 36.1 Å². The number of alkyl halides is 3. The first-order chi connectivity index (χ1) is 10.5. The summed E-state index contributed by atoms with van der Waals surface area (Å²) in [5.41, 5.74) is -0.949. The second-order valence-electron chi connectivity index (χ2n) is 5.44. The van der Waals surface area contributed by atoms with Crippen LogP contribution in [0.2, 0.25) is 0 Å². The molecule has 2 N–H and O–H groups in total. The molecule has 1 heterocycles. The predicted molar refractivity (Wildman–Crippen MR) is 74.5 cm³/mol. The van der Waals surface area contributed by atoms with Crippen LogP contribution < -0.4 is 0 Å². The van der Waals surface area contributed by atoms with Crippen LogP contribution in [0, 0.1) is 5.41 Å². The van der Waals surface area contributed by atoms with Gasteiger partial charge in [-0.2, -0.15) is 13.2 Å². The molecule has 0 saturated carbocycles. The lowest BCUT2D eigenvalue weighted by molar-refractivity contribution is -0.152. The maximum atomic E-state index is 11.6. The van der Waals surface area contributed by atoms with Crippen molar-refractivity contribution in [2.75, 3.05) is 0 Å². The minimum Gasteiger partial charge on any atom is -0.498 e. The second-order valence-corrected chi connectivity index (χ2v) is 5.44. The van der Waals surface area contributed by atoms with Crippen molar-refractivity contribution in [2.45, 2.75) is 38.5 Å². The van der Waals surface area contributed by atoms with E-state index in [-0.39, 0.29) is 12.0 Å². The molecule has 0 fully saturated rings. The van der Waals surface area contributed by atoms with Crippen molar-refractivity contribution < 1.29 is 37.7 Å². The number of hydrogen-bond donors (Lipinski definition) is 2. The van der Waals surface area contributed by atoms with Gasteiger partial charge in [0, 0.05) is 12.0 Å². The van der Waals surface area contributed by atoms with Crippen molar-refractivity contribution in [3.8, 4) is 0 Å². The molecule has 0 aromatic rings. The average Bonchev–Trinajstić information content (AvgIpc) is 2.90. The fourth-order valence-electron chi connectivity index (χ4n) is 2.00. The molecule has 23 heavy (non-hydrogen) atoms. The maximum absolute atomic E-state index is 11.6. The van der Waals surface area contributed by atoms with Crippen molar-refractivity contribution in [3.63, 3.8) is 0 Å². The topological polar surface area (TPSA) is 83.8 Å². The lowest BCUT2D eigenvalue weighted by atomic mass is 9.80. The number of carbonyl (C=O) groups is 2. The largest absolute Gasteiger partial charge is 0.498 e. The average molecular weight is 334 g/mol. The third-order valence-corrected chi connectivity index (χ3v) is 3.31. The Morgan fingerprint density at radius 3 is 2.48 bits per heavy atom. The first-order valence-corrected chi connectivity index (χ1v) is 6.76. The molecular formula is C15H17F3O5. The van der Waals surface area contributed by atoms with Gasteiger partial charge in [-0.15, -0.1) is 0 Å². The van der Waals surface area contributed by atoms with Crippen LogP contribution in [0.15, 0.2) is 36.1 Å². The van der Waals surface area contributed by atoms with Crippen molar-refractivity contribution in [1.82, 2.24) is 0 Å². The molecule has 0 radical (unpaired) electrons. The number of aliphatic carboxylic acids is 2. The van der Waals surface area contributed by atoms with Gasteiger partial charge < -0.3 is 14.9 Å². The zero-order valence-electron chi connectivity index (χ0n) is 12.3. The summed E-state index contributed by atoms with van der Waals surface area (Å²) in [7, 11) is 0. The number of rotatable bonds is 3. The molecule has 8 heteroatoms. The maximum Gasteiger partial charge on any atom is 0.392 e. The fourth-order valence-corrected chi connectivity index (χ4v) is 2.00. The molecule has 0 aromatic heterocycles. The normalized spacial score (nSPS) is 25.9. The standard InChI is InChI=1S/C9H10O4.C6H7F3O/c1-9(8(12)13)4-2-3-6(5-9)7(10)11;7-6(8,9)4-5-2-1-3-10-5/h2-4H,5H2,1H3,(H,10,11)(H,12,13);1,3,5H,2,4H2. The minimum atomic E-state index is -4.10. The molecule has 0 aromatic carbocycles. The molecular weight excluding hydrogens is 317 g/mol. The van der Waals surface area contributed by atoms with E-state index in [0.717, 1.165) is 0 Å². The van der Waals surface area contributed by atoms with Crippen LogP contribution in [-0.4, -0.2) is 34.4 Å². The third kappa shape index (κ3) is 6.17. The molecule has 1 aliphatic heterocycles. The Kier molecular flexibility index (Phi) is 6.00. The zero-order valence-corrected chi connectivity index (χ0v) is 12.3. The minimum absolute atomic E-state index is 0.0359. The summed E-state index contributed by atoms with van der Waals surface area (Å²) >= 11 is 0. The molecule has 0 bridgehead atoms. The Balaban J connectivity index is 0.000000238. The highest BCUT2D eigenvalue weighted by atomic mass is 19.4. The SMILES string of the molecule is CC1(C(=O)O)C=CC=C(C(=O)O)C1.FC(F)(F)CC1CC=CO1. The zero-order chi connectivity index (χ0) is 17.7. The molecule has 128 valence electrons. The lowest BCUT2D eigenvalue weighted by Crippen LogP contribution is -2.28. The second kappa shape index (κ2) is 7.34. The van der Waals surface area contributed by atoms with Gasteiger partial charge in [-0.3, -0.25) is 4.79 Å². The van der Waals surface area contributed by atoms with Crippen LogP contribution in [0.25, 0.3) is 0 Å². The van der Waals surface area contributed by atoms with Gasteiger partial charge in [-0.05, 0) is 19.4 Å². The summed E-state index contributed by atoms with van der Waals surface area (Å²) in [6.07, 6.45) is 2.09. The van der Waals surface area contributed by atoms with Gasteiger partial charge in [0.15, 0.2) is 0 Å². The van der Waals surface area contributed by atoms with E-state index in [9.17, 15) is 22.8 Å². The van der Waals surface area contributed by atoms with E-state index >= 15 is 0 Å². The van der Waals surface area contributed by atoms with E-state index < -0.39 is 36.1 Å². The molecule has 5 nitrogen and oxygen atoms in total. The molecule has 0 amide bonds. The Hall–Kier alpha value is -2.25.